The predicted molar refractivity (Wildman–Crippen MR) is 79.6 cm³/mol. The molecule has 0 bridgehead atoms. The molecule has 0 amide bonds. The highest BCUT2D eigenvalue weighted by atomic mass is 16.5. The minimum atomic E-state index is -0.00698. The van der Waals surface area contributed by atoms with Crippen molar-refractivity contribution in [3.05, 3.63) is 29.8 Å². The molecule has 4 nitrogen and oxygen atoms in total. The number of hydrogen-bond acceptors (Lipinski definition) is 4. The monoisotopic (exact) mass is 266 g/mol. The second-order valence-corrected chi connectivity index (χ2v) is 4.55. The van der Waals surface area contributed by atoms with E-state index < -0.39 is 0 Å². The van der Waals surface area contributed by atoms with E-state index in [1.54, 1.807) is 7.11 Å². The van der Waals surface area contributed by atoms with Gasteiger partial charge in [0.05, 0.1) is 19.3 Å². The minimum absolute atomic E-state index is 0.00698. The van der Waals surface area contributed by atoms with Crippen LogP contribution in [0.25, 0.3) is 0 Å². The number of benzene rings is 1. The molecule has 2 N–H and O–H groups in total. The third kappa shape index (κ3) is 5.19. The number of ether oxygens (including phenoxy) is 1. The summed E-state index contributed by atoms with van der Waals surface area (Å²) in [4.78, 5) is 2.32. The predicted octanol–water partition coefficient (Wildman–Crippen LogP) is 1.63. The van der Waals surface area contributed by atoms with Crippen LogP contribution in [0.3, 0.4) is 0 Å². The SMILES string of the molecule is CCN(CC)c1ccc(CNC(CO)COC)cc1. The molecule has 0 spiro atoms. The number of nitrogens with one attached hydrogen (secondary N) is 1. The first-order valence-electron chi connectivity index (χ1n) is 6.92. The van der Waals surface area contributed by atoms with Crippen LogP contribution in [-0.2, 0) is 11.3 Å². The zero-order chi connectivity index (χ0) is 14.1. The maximum atomic E-state index is 9.17. The summed E-state index contributed by atoms with van der Waals surface area (Å²) in [7, 11) is 1.64. The van der Waals surface area contributed by atoms with Crippen LogP contribution in [0.2, 0.25) is 0 Å². The van der Waals surface area contributed by atoms with Gasteiger partial charge in [0, 0.05) is 32.4 Å². The van der Waals surface area contributed by atoms with Crippen LogP contribution in [0.15, 0.2) is 24.3 Å². The summed E-state index contributed by atoms with van der Waals surface area (Å²) in [5.41, 5.74) is 2.47. The first-order chi connectivity index (χ1) is 9.24. The first kappa shape index (κ1) is 16.0. The molecule has 0 radical (unpaired) electrons. The third-order valence-electron chi connectivity index (χ3n) is 3.25. The van der Waals surface area contributed by atoms with Gasteiger partial charge in [-0.1, -0.05) is 12.1 Å². The van der Waals surface area contributed by atoms with E-state index in [4.69, 9.17) is 9.84 Å². The molecular formula is C15H26N2O2. The standard InChI is InChI=1S/C15H26N2O2/c1-4-17(5-2)15-8-6-13(7-9-15)10-16-14(11-18)12-19-3/h6-9,14,16,18H,4-5,10-12H2,1-3H3. The van der Waals surface area contributed by atoms with Gasteiger partial charge in [0.1, 0.15) is 0 Å². The average Bonchev–Trinajstić information content (AvgIpc) is 2.46. The largest absolute Gasteiger partial charge is 0.395 e. The van der Waals surface area contributed by atoms with E-state index in [0.717, 1.165) is 19.6 Å². The Morgan fingerprint density at radius 3 is 2.32 bits per heavy atom. The highest BCUT2D eigenvalue weighted by Gasteiger charge is 2.06. The number of aliphatic hydroxyl groups is 1. The number of rotatable bonds is 9. The Bertz CT molecular complexity index is 337. The van der Waals surface area contributed by atoms with Gasteiger partial charge < -0.3 is 20.1 Å². The second-order valence-electron chi connectivity index (χ2n) is 4.55. The quantitative estimate of drug-likeness (QED) is 0.713. The molecule has 0 aliphatic heterocycles. The molecule has 108 valence electrons. The van der Waals surface area contributed by atoms with E-state index in [1.807, 2.05) is 0 Å². The number of anilines is 1. The van der Waals surface area contributed by atoms with E-state index in [2.05, 4.69) is 48.3 Å². The third-order valence-corrected chi connectivity index (χ3v) is 3.25. The first-order valence-corrected chi connectivity index (χ1v) is 6.92. The van der Waals surface area contributed by atoms with Crippen molar-refractivity contribution in [2.45, 2.75) is 26.4 Å². The Morgan fingerprint density at radius 2 is 1.84 bits per heavy atom. The Labute approximate surface area is 116 Å². The minimum Gasteiger partial charge on any atom is -0.395 e. The van der Waals surface area contributed by atoms with Gasteiger partial charge in [-0.05, 0) is 31.5 Å². The fraction of sp³-hybridized carbons (Fsp3) is 0.600. The molecule has 1 unspecified atom stereocenters. The molecule has 19 heavy (non-hydrogen) atoms. The summed E-state index contributed by atoms with van der Waals surface area (Å²) >= 11 is 0. The van der Waals surface area contributed by atoms with Crippen molar-refractivity contribution >= 4 is 5.69 Å². The maximum Gasteiger partial charge on any atom is 0.0638 e. The highest BCUT2D eigenvalue weighted by Crippen LogP contribution is 2.14. The number of nitrogens with zero attached hydrogens (tertiary/aromatic N) is 1. The molecule has 1 atom stereocenters. The van der Waals surface area contributed by atoms with Crippen molar-refractivity contribution in [3.63, 3.8) is 0 Å². The van der Waals surface area contributed by atoms with Gasteiger partial charge in [0.25, 0.3) is 0 Å². The Balaban J connectivity index is 2.52. The van der Waals surface area contributed by atoms with Crippen molar-refractivity contribution in [1.29, 1.82) is 0 Å². The molecule has 1 aromatic rings. The Morgan fingerprint density at radius 1 is 1.21 bits per heavy atom. The second kappa shape index (κ2) is 8.91. The Hall–Kier alpha value is -1.10. The molecule has 1 rings (SSSR count). The van der Waals surface area contributed by atoms with Crippen LogP contribution in [0.5, 0.6) is 0 Å². The lowest BCUT2D eigenvalue weighted by atomic mass is 10.2. The fourth-order valence-electron chi connectivity index (χ4n) is 2.05. The smallest absolute Gasteiger partial charge is 0.0638 e. The van der Waals surface area contributed by atoms with Crippen LogP contribution in [-0.4, -0.2) is 44.6 Å². The van der Waals surface area contributed by atoms with Crippen LogP contribution in [0, 0.1) is 0 Å². The van der Waals surface area contributed by atoms with Gasteiger partial charge in [0.15, 0.2) is 0 Å². The van der Waals surface area contributed by atoms with Gasteiger partial charge in [-0.2, -0.15) is 0 Å². The lowest BCUT2D eigenvalue weighted by Gasteiger charge is -2.21. The van der Waals surface area contributed by atoms with E-state index in [-0.39, 0.29) is 12.6 Å². The van der Waals surface area contributed by atoms with Crippen LogP contribution < -0.4 is 10.2 Å². The van der Waals surface area contributed by atoms with Crippen LogP contribution in [0.1, 0.15) is 19.4 Å². The van der Waals surface area contributed by atoms with E-state index in [0.29, 0.717) is 6.61 Å². The number of hydrogen-bond donors (Lipinski definition) is 2. The molecular weight excluding hydrogens is 240 g/mol. The lowest BCUT2D eigenvalue weighted by molar-refractivity contribution is 0.128. The van der Waals surface area contributed by atoms with Crippen molar-refractivity contribution in [2.75, 3.05) is 38.3 Å². The summed E-state index contributed by atoms with van der Waals surface area (Å²) in [5.74, 6) is 0. The van der Waals surface area contributed by atoms with Gasteiger partial charge in [0.2, 0.25) is 0 Å². The van der Waals surface area contributed by atoms with Crippen molar-refractivity contribution < 1.29 is 9.84 Å². The molecule has 0 heterocycles. The van der Waals surface area contributed by atoms with E-state index in [9.17, 15) is 0 Å². The molecule has 0 aliphatic rings. The summed E-state index contributed by atoms with van der Waals surface area (Å²) in [6.07, 6.45) is 0. The lowest BCUT2D eigenvalue weighted by Crippen LogP contribution is -2.35. The zero-order valence-corrected chi connectivity index (χ0v) is 12.2. The highest BCUT2D eigenvalue weighted by molar-refractivity contribution is 5.47. The van der Waals surface area contributed by atoms with E-state index >= 15 is 0 Å². The Kier molecular flexibility index (Phi) is 7.48. The summed E-state index contributed by atoms with van der Waals surface area (Å²) in [6.45, 7) is 7.72. The molecule has 0 aliphatic carbocycles. The molecule has 1 aromatic carbocycles. The molecule has 0 saturated heterocycles. The van der Waals surface area contributed by atoms with Crippen LogP contribution >= 0.6 is 0 Å². The zero-order valence-electron chi connectivity index (χ0n) is 12.2. The summed E-state index contributed by atoms with van der Waals surface area (Å²) < 4.78 is 5.03. The maximum absolute atomic E-state index is 9.17. The molecule has 0 aromatic heterocycles. The van der Waals surface area contributed by atoms with Crippen molar-refractivity contribution in [1.82, 2.24) is 5.32 Å². The van der Waals surface area contributed by atoms with Gasteiger partial charge >= 0.3 is 0 Å². The fourth-order valence-corrected chi connectivity index (χ4v) is 2.05. The van der Waals surface area contributed by atoms with Gasteiger partial charge in [-0.25, -0.2) is 0 Å². The van der Waals surface area contributed by atoms with Crippen molar-refractivity contribution in [2.24, 2.45) is 0 Å². The summed E-state index contributed by atoms with van der Waals surface area (Å²) in [6, 6.07) is 8.54. The topological polar surface area (TPSA) is 44.7 Å². The normalized spacial score (nSPS) is 12.4. The number of aliphatic hydroxyl groups excluding tert-OH is 1. The van der Waals surface area contributed by atoms with Gasteiger partial charge in [-0.3, -0.25) is 0 Å². The van der Waals surface area contributed by atoms with Gasteiger partial charge in [-0.15, -0.1) is 0 Å². The molecule has 0 saturated carbocycles. The molecule has 4 heteroatoms. The van der Waals surface area contributed by atoms with Crippen molar-refractivity contribution in [3.8, 4) is 0 Å². The average molecular weight is 266 g/mol. The van der Waals surface area contributed by atoms with Crippen LogP contribution in [0.4, 0.5) is 5.69 Å². The molecule has 0 fully saturated rings. The summed E-state index contributed by atoms with van der Waals surface area (Å²) in [5, 5.41) is 12.4. The van der Waals surface area contributed by atoms with E-state index in [1.165, 1.54) is 11.3 Å². The number of methoxy groups -OCH3 is 1.